The summed E-state index contributed by atoms with van der Waals surface area (Å²) in [6.07, 6.45) is 3.34. The maximum absolute atomic E-state index is 5.97. The topological polar surface area (TPSA) is 104 Å². The van der Waals surface area contributed by atoms with Crippen molar-refractivity contribution < 1.29 is 0 Å². The van der Waals surface area contributed by atoms with E-state index in [-0.39, 0.29) is 11.9 Å². The molecule has 0 aliphatic carbocycles. The van der Waals surface area contributed by atoms with Gasteiger partial charge in [-0.2, -0.15) is 4.99 Å². The molecule has 0 spiro atoms. The van der Waals surface area contributed by atoms with Gasteiger partial charge in [0, 0.05) is 18.8 Å². The van der Waals surface area contributed by atoms with Gasteiger partial charge in [-0.15, -0.1) is 0 Å². The molecular formula is C22H29N7. The molecule has 0 aromatic heterocycles. The minimum atomic E-state index is 0.102. The number of nitrogens with one attached hydrogen (secondary N) is 2. The van der Waals surface area contributed by atoms with E-state index < -0.39 is 0 Å². The van der Waals surface area contributed by atoms with Crippen LogP contribution in [-0.2, 0) is 6.54 Å². The summed E-state index contributed by atoms with van der Waals surface area (Å²) in [5.74, 6) is 0.298. The molecule has 3 rings (SSSR count). The number of hydrogen-bond acceptors (Lipinski definition) is 3. The molecule has 1 aliphatic rings. The molecule has 0 atom stereocenters. The van der Waals surface area contributed by atoms with Crippen LogP contribution in [-0.4, -0.2) is 44.0 Å². The minimum absolute atomic E-state index is 0.102. The lowest BCUT2D eigenvalue weighted by molar-refractivity contribution is 0.402. The summed E-state index contributed by atoms with van der Waals surface area (Å²) in [5, 5.41) is 6.43. The Labute approximate surface area is 172 Å². The average Bonchev–Trinajstić information content (AvgIpc) is 2.70. The molecule has 7 nitrogen and oxygen atoms in total. The van der Waals surface area contributed by atoms with Crippen LogP contribution >= 0.6 is 0 Å². The highest BCUT2D eigenvalue weighted by molar-refractivity contribution is 6.01. The second-order valence-electron chi connectivity index (χ2n) is 7.27. The summed E-state index contributed by atoms with van der Waals surface area (Å²) in [6, 6.07) is 16.0. The van der Waals surface area contributed by atoms with Crippen LogP contribution in [0.4, 0.5) is 11.4 Å². The van der Waals surface area contributed by atoms with Crippen LogP contribution in [0.2, 0.25) is 0 Å². The maximum Gasteiger partial charge on any atom is 0.223 e. The molecule has 0 saturated heterocycles. The first-order valence-corrected chi connectivity index (χ1v) is 9.69. The van der Waals surface area contributed by atoms with Crippen LogP contribution in [0.25, 0.3) is 5.57 Å². The number of nitrogens with two attached hydrogens (primary N) is 2. The largest absolute Gasteiger partial charge is 0.369 e. The third-order valence-electron chi connectivity index (χ3n) is 4.47. The number of anilines is 1. The molecule has 0 bridgehead atoms. The van der Waals surface area contributed by atoms with Crippen molar-refractivity contribution in [1.82, 2.24) is 10.2 Å². The van der Waals surface area contributed by atoms with Gasteiger partial charge in [0.15, 0.2) is 0 Å². The van der Waals surface area contributed by atoms with Crippen LogP contribution in [0.3, 0.4) is 0 Å². The SMILES string of the molecule is CN(C)Cc1ccc(N=C(N)/N=C(/N)Nc2ccc(C3=CCCNC3)cc2)cc1. The van der Waals surface area contributed by atoms with Crippen molar-refractivity contribution in [3.05, 3.63) is 65.7 Å². The molecule has 152 valence electrons. The molecule has 0 saturated carbocycles. The van der Waals surface area contributed by atoms with E-state index in [1.165, 1.54) is 16.7 Å². The van der Waals surface area contributed by atoms with E-state index in [2.05, 4.69) is 43.7 Å². The monoisotopic (exact) mass is 391 g/mol. The van der Waals surface area contributed by atoms with Gasteiger partial charge in [0.1, 0.15) is 0 Å². The molecule has 0 unspecified atom stereocenters. The molecule has 6 N–H and O–H groups in total. The Kier molecular flexibility index (Phi) is 6.99. The minimum Gasteiger partial charge on any atom is -0.369 e. The van der Waals surface area contributed by atoms with Gasteiger partial charge in [0.25, 0.3) is 0 Å². The highest BCUT2D eigenvalue weighted by Gasteiger charge is 2.05. The van der Waals surface area contributed by atoms with Crippen LogP contribution in [0.15, 0.2) is 64.6 Å². The zero-order valence-corrected chi connectivity index (χ0v) is 17.0. The van der Waals surface area contributed by atoms with E-state index >= 15 is 0 Å². The standard InChI is InChI=1S/C22H29N7/c1-29(2)15-16-5-9-19(10-6-16)26-21(23)28-22(24)27-20-11-7-17(8-12-20)18-4-3-13-25-14-18/h4-12,25H,3,13-15H2,1-2H3,(H5,23,24,26,27,28). The molecule has 2 aromatic rings. The number of nitrogens with zero attached hydrogens (tertiary/aromatic N) is 3. The average molecular weight is 392 g/mol. The second-order valence-corrected chi connectivity index (χ2v) is 7.27. The Morgan fingerprint density at radius 1 is 1.07 bits per heavy atom. The van der Waals surface area contributed by atoms with E-state index in [1.54, 1.807) is 0 Å². The van der Waals surface area contributed by atoms with Crippen molar-refractivity contribution in [3.63, 3.8) is 0 Å². The first kappa shape index (κ1) is 20.6. The summed E-state index contributed by atoms with van der Waals surface area (Å²) >= 11 is 0. The van der Waals surface area contributed by atoms with Crippen LogP contribution in [0.1, 0.15) is 17.5 Å². The molecule has 0 radical (unpaired) electrons. The molecule has 1 aliphatic heterocycles. The normalized spacial score (nSPS) is 15.3. The van der Waals surface area contributed by atoms with E-state index in [1.807, 2.05) is 50.5 Å². The first-order chi connectivity index (χ1) is 14.0. The third kappa shape index (κ3) is 6.44. The summed E-state index contributed by atoms with van der Waals surface area (Å²) in [7, 11) is 4.07. The fourth-order valence-corrected chi connectivity index (χ4v) is 3.13. The third-order valence-corrected chi connectivity index (χ3v) is 4.47. The molecule has 29 heavy (non-hydrogen) atoms. The van der Waals surface area contributed by atoms with Gasteiger partial charge < -0.3 is 27.0 Å². The lowest BCUT2D eigenvalue weighted by Crippen LogP contribution is -2.26. The van der Waals surface area contributed by atoms with E-state index in [0.29, 0.717) is 0 Å². The van der Waals surface area contributed by atoms with Crippen LogP contribution < -0.4 is 22.1 Å². The predicted molar refractivity (Wildman–Crippen MR) is 122 cm³/mol. The lowest BCUT2D eigenvalue weighted by atomic mass is 10.0. The summed E-state index contributed by atoms with van der Waals surface area (Å²) < 4.78 is 0. The Bertz CT molecular complexity index is 894. The highest BCUT2D eigenvalue weighted by atomic mass is 15.2. The van der Waals surface area contributed by atoms with Gasteiger partial charge in [-0.1, -0.05) is 30.3 Å². The zero-order valence-electron chi connectivity index (χ0n) is 17.0. The van der Waals surface area contributed by atoms with Crippen molar-refractivity contribution in [2.75, 3.05) is 32.5 Å². The molecule has 0 amide bonds. The first-order valence-electron chi connectivity index (χ1n) is 9.69. The fraction of sp³-hybridized carbons (Fsp3) is 0.273. The predicted octanol–water partition coefficient (Wildman–Crippen LogP) is 2.50. The fourth-order valence-electron chi connectivity index (χ4n) is 3.13. The second kappa shape index (κ2) is 9.86. The molecule has 1 heterocycles. The van der Waals surface area contributed by atoms with Crippen LogP contribution in [0.5, 0.6) is 0 Å². The summed E-state index contributed by atoms with van der Waals surface area (Å²) in [5.41, 5.74) is 17.2. The Morgan fingerprint density at radius 3 is 2.41 bits per heavy atom. The van der Waals surface area contributed by atoms with Crippen molar-refractivity contribution in [2.24, 2.45) is 21.5 Å². The van der Waals surface area contributed by atoms with E-state index in [4.69, 9.17) is 11.5 Å². The number of benzene rings is 2. The van der Waals surface area contributed by atoms with Gasteiger partial charge >= 0.3 is 0 Å². The number of rotatable bonds is 5. The molecule has 0 fully saturated rings. The highest BCUT2D eigenvalue weighted by Crippen LogP contribution is 2.19. The number of aliphatic imine (C=N–C) groups is 2. The van der Waals surface area contributed by atoms with Crippen LogP contribution in [0, 0.1) is 0 Å². The van der Waals surface area contributed by atoms with Gasteiger partial charge in [-0.3, -0.25) is 0 Å². The van der Waals surface area contributed by atoms with E-state index in [0.717, 1.165) is 37.4 Å². The number of hydrogen-bond donors (Lipinski definition) is 4. The summed E-state index contributed by atoms with van der Waals surface area (Å²) in [4.78, 5) is 10.5. The zero-order chi connectivity index (χ0) is 20.6. The van der Waals surface area contributed by atoms with Gasteiger partial charge in [0.05, 0.1) is 5.69 Å². The Hall–Kier alpha value is -3.16. The Morgan fingerprint density at radius 2 is 1.79 bits per heavy atom. The summed E-state index contributed by atoms with van der Waals surface area (Å²) in [6.45, 7) is 2.82. The maximum atomic E-state index is 5.97. The van der Waals surface area contributed by atoms with Crippen molar-refractivity contribution in [1.29, 1.82) is 0 Å². The van der Waals surface area contributed by atoms with Crippen molar-refractivity contribution >= 4 is 28.9 Å². The van der Waals surface area contributed by atoms with Gasteiger partial charge in [0.2, 0.25) is 11.9 Å². The molecule has 2 aromatic carbocycles. The quantitative estimate of drug-likeness (QED) is 0.463. The van der Waals surface area contributed by atoms with Gasteiger partial charge in [-0.25, -0.2) is 4.99 Å². The van der Waals surface area contributed by atoms with Crippen molar-refractivity contribution in [3.8, 4) is 0 Å². The van der Waals surface area contributed by atoms with E-state index in [9.17, 15) is 0 Å². The van der Waals surface area contributed by atoms with Crippen molar-refractivity contribution in [2.45, 2.75) is 13.0 Å². The smallest absolute Gasteiger partial charge is 0.223 e. The number of guanidine groups is 2. The molecular weight excluding hydrogens is 362 g/mol. The Balaban J connectivity index is 1.61. The lowest BCUT2D eigenvalue weighted by Gasteiger charge is -2.15. The van der Waals surface area contributed by atoms with Gasteiger partial charge in [-0.05, 0) is 68.0 Å². The molecule has 7 heteroatoms.